The number of amides is 3. The van der Waals surface area contributed by atoms with Gasteiger partial charge in [0.2, 0.25) is 11.8 Å². The average molecular weight is 478 g/mol. The second-order valence-corrected chi connectivity index (χ2v) is 10.1. The van der Waals surface area contributed by atoms with Crippen molar-refractivity contribution in [3.63, 3.8) is 0 Å². The normalized spacial score (nSPS) is 14.2. The van der Waals surface area contributed by atoms with Crippen molar-refractivity contribution >= 4 is 17.9 Å². The first kappa shape index (κ1) is 29.4. The first-order chi connectivity index (χ1) is 15.7. The van der Waals surface area contributed by atoms with Gasteiger partial charge in [0.25, 0.3) is 0 Å². The van der Waals surface area contributed by atoms with Gasteiger partial charge in [0.1, 0.15) is 17.7 Å². The molecule has 0 spiro atoms. The quantitative estimate of drug-likeness (QED) is 0.477. The van der Waals surface area contributed by atoms with Crippen LogP contribution in [0.3, 0.4) is 0 Å². The van der Waals surface area contributed by atoms with Crippen molar-refractivity contribution in [2.45, 2.75) is 92.5 Å². The smallest absolute Gasteiger partial charge is 0.408 e. The lowest BCUT2D eigenvalue weighted by Crippen LogP contribution is -2.56. The summed E-state index contributed by atoms with van der Waals surface area (Å²) in [6, 6.07) is 3.65. The molecule has 1 aromatic rings. The number of alkyl carbamates (subject to hydrolysis) is 1. The summed E-state index contributed by atoms with van der Waals surface area (Å²) in [5.74, 6) is -1.01. The molecule has 0 saturated heterocycles. The van der Waals surface area contributed by atoms with Gasteiger partial charge in [-0.1, -0.05) is 38.5 Å². The molecule has 3 atom stereocenters. The van der Waals surface area contributed by atoms with Crippen molar-refractivity contribution in [3.8, 4) is 0 Å². The Labute approximate surface area is 204 Å². The summed E-state index contributed by atoms with van der Waals surface area (Å²) in [6.45, 7) is 16.1. The van der Waals surface area contributed by atoms with E-state index < -0.39 is 29.7 Å². The lowest BCUT2D eigenvalue weighted by atomic mass is 9.92. The van der Waals surface area contributed by atoms with E-state index in [-0.39, 0.29) is 31.0 Å². The number of hydrogen-bond acceptors (Lipinski definition) is 5. The van der Waals surface area contributed by atoms with Crippen molar-refractivity contribution in [1.29, 1.82) is 0 Å². The molecule has 0 bridgehead atoms. The maximum absolute atomic E-state index is 13.9. The highest BCUT2D eigenvalue weighted by atomic mass is 16.6. The van der Waals surface area contributed by atoms with E-state index in [1.54, 1.807) is 20.8 Å². The zero-order valence-electron chi connectivity index (χ0n) is 22.2. The largest absolute Gasteiger partial charge is 0.444 e. The Balaban J connectivity index is 3.55. The zero-order chi connectivity index (χ0) is 26.2. The van der Waals surface area contributed by atoms with E-state index in [1.165, 1.54) is 4.90 Å². The highest BCUT2D eigenvalue weighted by Crippen LogP contribution is 2.29. The predicted octanol–water partition coefficient (Wildman–Crippen LogP) is 3.63. The molecular weight excluding hydrogens is 434 g/mol. The summed E-state index contributed by atoms with van der Waals surface area (Å²) >= 11 is 0. The minimum absolute atomic E-state index is 0.0638. The van der Waals surface area contributed by atoms with Crippen LogP contribution in [0.2, 0.25) is 0 Å². The van der Waals surface area contributed by atoms with Crippen molar-refractivity contribution in [2.75, 3.05) is 13.2 Å². The van der Waals surface area contributed by atoms with Crippen LogP contribution in [0.15, 0.2) is 18.2 Å². The minimum atomic E-state index is -0.963. The number of aliphatic hydroxyl groups is 1. The number of benzene rings is 1. The zero-order valence-corrected chi connectivity index (χ0v) is 22.2. The molecular formula is C26H43N3O5. The molecule has 192 valence electrons. The fraction of sp³-hybridized carbons (Fsp3) is 0.654. The van der Waals surface area contributed by atoms with E-state index in [1.807, 2.05) is 59.7 Å². The van der Waals surface area contributed by atoms with Gasteiger partial charge in [-0.05, 0) is 71.1 Å². The maximum Gasteiger partial charge on any atom is 0.408 e. The van der Waals surface area contributed by atoms with Crippen LogP contribution in [0.4, 0.5) is 4.79 Å². The topological polar surface area (TPSA) is 108 Å². The third kappa shape index (κ3) is 8.31. The number of aliphatic hydroxyl groups excluding tert-OH is 1. The van der Waals surface area contributed by atoms with Crippen molar-refractivity contribution < 1.29 is 24.2 Å². The molecule has 34 heavy (non-hydrogen) atoms. The lowest BCUT2D eigenvalue weighted by molar-refractivity contribution is -0.144. The molecule has 1 rings (SSSR count). The Bertz CT molecular complexity index is 827. The molecule has 3 amide bonds. The Hall–Kier alpha value is -2.61. The summed E-state index contributed by atoms with van der Waals surface area (Å²) in [4.78, 5) is 41.3. The van der Waals surface area contributed by atoms with Gasteiger partial charge >= 0.3 is 6.09 Å². The number of carbonyl (C=O) groups is 3. The van der Waals surface area contributed by atoms with Gasteiger partial charge in [0.05, 0.1) is 6.61 Å². The summed E-state index contributed by atoms with van der Waals surface area (Å²) in [7, 11) is 0. The molecule has 3 N–H and O–H groups in total. The number of ether oxygens (including phenoxy) is 1. The third-order valence-corrected chi connectivity index (χ3v) is 5.58. The van der Waals surface area contributed by atoms with Gasteiger partial charge in [-0.2, -0.15) is 0 Å². The Kier molecular flexibility index (Phi) is 11.0. The summed E-state index contributed by atoms with van der Waals surface area (Å²) in [5, 5.41) is 15.5. The number of hydrogen-bond donors (Lipinski definition) is 3. The van der Waals surface area contributed by atoms with Crippen molar-refractivity contribution in [2.24, 2.45) is 5.92 Å². The van der Waals surface area contributed by atoms with Gasteiger partial charge in [0.15, 0.2) is 0 Å². The number of rotatable bonds is 10. The second kappa shape index (κ2) is 12.7. The lowest BCUT2D eigenvalue weighted by Gasteiger charge is -2.37. The molecule has 0 radical (unpaired) electrons. The molecule has 0 fully saturated rings. The van der Waals surface area contributed by atoms with E-state index in [2.05, 4.69) is 10.6 Å². The van der Waals surface area contributed by atoms with Crippen LogP contribution in [0, 0.1) is 19.8 Å². The van der Waals surface area contributed by atoms with E-state index in [0.29, 0.717) is 12.0 Å². The molecule has 0 aromatic heterocycles. The van der Waals surface area contributed by atoms with E-state index in [9.17, 15) is 19.5 Å². The van der Waals surface area contributed by atoms with Crippen molar-refractivity contribution in [1.82, 2.24) is 15.5 Å². The molecule has 0 aliphatic heterocycles. The fourth-order valence-corrected chi connectivity index (χ4v) is 3.82. The van der Waals surface area contributed by atoms with Gasteiger partial charge < -0.3 is 25.4 Å². The first-order valence-corrected chi connectivity index (χ1v) is 12.0. The first-order valence-electron chi connectivity index (χ1n) is 12.0. The van der Waals surface area contributed by atoms with Crippen LogP contribution in [0.1, 0.15) is 77.6 Å². The molecule has 0 aliphatic carbocycles. The summed E-state index contributed by atoms with van der Waals surface area (Å²) < 4.78 is 5.39. The summed E-state index contributed by atoms with van der Waals surface area (Å²) in [5.41, 5.74) is 1.71. The van der Waals surface area contributed by atoms with Crippen molar-refractivity contribution in [3.05, 3.63) is 34.9 Å². The number of nitrogens with one attached hydrogen (secondary N) is 2. The molecule has 0 heterocycles. The highest BCUT2D eigenvalue weighted by Gasteiger charge is 2.39. The van der Waals surface area contributed by atoms with E-state index in [4.69, 9.17) is 4.74 Å². The molecule has 3 unspecified atom stereocenters. The van der Waals surface area contributed by atoms with Crippen LogP contribution >= 0.6 is 0 Å². The Morgan fingerprint density at radius 3 is 2.06 bits per heavy atom. The Morgan fingerprint density at radius 1 is 1.06 bits per heavy atom. The van der Waals surface area contributed by atoms with E-state index in [0.717, 1.165) is 11.1 Å². The molecule has 0 saturated carbocycles. The average Bonchev–Trinajstić information content (AvgIpc) is 2.70. The van der Waals surface area contributed by atoms with Gasteiger partial charge in [-0.25, -0.2) is 4.79 Å². The standard InChI is InChI=1S/C26H43N3O5/c1-10-17(4)21(28-25(33)34-26(7,8)9)24(32)29(14-15-30)22(23(31)27-16(2)3)20-18(5)12-11-13-19(20)6/h11-13,16-17,21-22,30H,10,14-15H2,1-9H3,(H,27,31)(H,28,33). The van der Waals surface area contributed by atoms with Crippen LogP contribution in [0.5, 0.6) is 0 Å². The van der Waals surface area contributed by atoms with Gasteiger partial charge in [0, 0.05) is 12.6 Å². The minimum Gasteiger partial charge on any atom is -0.444 e. The number of carbonyl (C=O) groups excluding carboxylic acids is 3. The second-order valence-electron chi connectivity index (χ2n) is 10.1. The number of nitrogens with zero attached hydrogens (tertiary/aromatic N) is 1. The van der Waals surface area contributed by atoms with Crippen LogP contribution in [-0.4, -0.2) is 58.8 Å². The van der Waals surface area contributed by atoms with Gasteiger partial charge in [-0.15, -0.1) is 0 Å². The highest BCUT2D eigenvalue weighted by molar-refractivity contribution is 5.92. The van der Waals surface area contributed by atoms with Crippen LogP contribution in [0.25, 0.3) is 0 Å². The molecule has 8 heteroatoms. The SMILES string of the molecule is CCC(C)C(NC(=O)OC(C)(C)C)C(=O)N(CCO)C(C(=O)NC(C)C)c1c(C)cccc1C. The molecule has 1 aromatic carbocycles. The number of aryl methyl sites for hydroxylation is 2. The van der Waals surface area contributed by atoms with Gasteiger partial charge in [-0.3, -0.25) is 9.59 Å². The Morgan fingerprint density at radius 2 is 1.62 bits per heavy atom. The summed E-state index contributed by atoms with van der Waals surface area (Å²) in [6.07, 6.45) is -0.0869. The maximum atomic E-state index is 13.9. The molecule has 0 aliphatic rings. The monoisotopic (exact) mass is 477 g/mol. The third-order valence-electron chi connectivity index (χ3n) is 5.58. The molecule has 8 nitrogen and oxygen atoms in total. The predicted molar refractivity (Wildman–Crippen MR) is 133 cm³/mol. The van der Waals surface area contributed by atoms with E-state index >= 15 is 0 Å². The van der Waals surface area contributed by atoms with Crippen LogP contribution < -0.4 is 10.6 Å². The fourth-order valence-electron chi connectivity index (χ4n) is 3.82. The van der Waals surface area contributed by atoms with Crippen LogP contribution in [-0.2, 0) is 14.3 Å².